The maximum Gasteiger partial charge on any atom is 0.0518 e. The number of aryl methyl sites for hydroxylation is 1. The number of nitrogens with one attached hydrogen (secondary N) is 1. The van der Waals surface area contributed by atoms with Crippen LogP contribution in [0.1, 0.15) is 26.0 Å². The number of hydrogen-bond acceptors (Lipinski definition) is 3. The number of rotatable bonds is 5. The molecule has 1 aliphatic heterocycles. The van der Waals surface area contributed by atoms with Crippen molar-refractivity contribution >= 4 is 0 Å². The summed E-state index contributed by atoms with van der Waals surface area (Å²) in [6, 6.07) is 2.76. The Balaban J connectivity index is 1.68. The molecule has 4 heteroatoms. The number of likely N-dealkylation sites (tertiary alicyclic amines) is 1. The molecule has 1 N–H and O–H groups in total. The summed E-state index contributed by atoms with van der Waals surface area (Å²) in [5.41, 5.74) is 1.25. The molecule has 0 radical (unpaired) electrons. The quantitative estimate of drug-likeness (QED) is 0.835. The van der Waals surface area contributed by atoms with Gasteiger partial charge in [0.15, 0.2) is 0 Å². The zero-order chi connectivity index (χ0) is 12.3. The van der Waals surface area contributed by atoms with Gasteiger partial charge in [0.05, 0.1) is 5.69 Å². The van der Waals surface area contributed by atoms with Crippen molar-refractivity contribution in [1.82, 2.24) is 20.0 Å². The van der Waals surface area contributed by atoms with Gasteiger partial charge >= 0.3 is 0 Å². The molecular weight excluding hydrogens is 212 g/mol. The highest BCUT2D eigenvalue weighted by Crippen LogP contribution is 2.17. The highest BCUT2D eigenvalue weighted by atomic mass is 15.3. The molecule has 96 valence electrons. The van der Waals surface area contributed by atoms with Crippen LogP contribution in [-0.2, 0) is 13.6 Å². The molecule has 0 spiro atoms. The average Bonchev–Trinajstić information content (AvgIpc) is 2.89. The fourth-order valence-electron chi connectivity index (χ4n) is 2.48. The first kappa shape index (κ1) is 12.6. The lowest BCUT2D eigenvalue weighted by Gasteiger charge is -2.20. The molecule has 0 bridgehead atoms. The maximum absolute atomic E-state index is 4.17. The molecule has 1 aromatic heterocycles. The third-order valence-electron chi connectivity index (χ3n) is 3.71. The Morgan fingerprint density at radius 1 is 1.53 bits per heavy atom. The van der Waals surface area contributed by atoms with E-state index in [1.165, 1.54) is 25.2 Å². The zero-order valence-corrected chi connectivity index (χ0v) is 11.2. The van der Waals surface area contributed by atoms with Crippen LogP contribution in [0.2, 0.25) is 0 Å². The van der Waals surface area contributed by atoms with Crippen LogP contribution >= 0.6 is 0 Å². The molecule has 2 heterocycles. The Morgan fingerprint density at radius 3 is 2.94 bits per heavy atom. The molecule has 0 amide bonds. The van der Waals surface area contributed by atoms with E-state index in [1.807, 2.05) is 17.9 Å². The van der Waals surface area contributed by atoms with Gasteiger partial charge in [-0.05, 0) is 45.3 Å². The molecule has 1 saturated heterocycles. The van der Waals surface area contributed by atoms with Crippen LogP contribution in [0.3, 0.4) is 0 Å². The van der Waals surface area contributed by atoms with Gasteiger partial charge in [-0.25, -0.2) is 0 Å². The SMILES string of the molecule is CC(C)N1CCC(CNCc2ccnn2C)C1. The Bertz CT molecular complexity index is 345. The molecule has 1 unspecified atom stereocenters. The van der Waals surface area contributed by atoms with E-state index in [-0.39, 0.29) is 0 Å². The number of nitrogens with zero attached hydrogens (tertiary/aromatic N) is 3. The smallest absolute Gasteiger partial charge is 0.0518 e. The van der Waals surface area contributed by atoms with Crippen molar-refractivity contribution in [2.75, 3.05) is 19.6 Å². The van der Waals surface area contributed by atoms with Gasteiger partial charge in [0.25, 0.3) is 0 Å². The Kier molecular flexibility index (Phi) is 4.18. The summed E-state index contributed by atoms with van der Waals surface area (Å²) in [6.07, 6.45) is 3.18. The van der Waals surface area contributed by atoms with E-state index in [0.29, 0.717) is 6.04 Å². The van der Waals surface area contributed by atoms with Gasteiger partial charge < -0.3 is 10.2 Å². The lowest BCUT2D eigenvalue weighted by Crippen LogP contribution is -2.30. The fraction of sp³-hybridized carbons (Fsp3) is 0.769. The molecule has 1 atom stereocenters. The first-order valence-electron chi connectivity index (χ1n) is 6.58. The standard InChI is InChI=1S/C13H24N4/c1-11(2)17-7-5-12(10-17)8-14-9-13-4-6-15-16(13)3/h4,6,11-12,14H,5,7-10H2,1-3H3. The lowest BCUT2D eigenvalue weighted by atomic mass is 10.1. The summed E-state index contributed by atoms with van der Waals surface area (Å²) in [7, 11) is 1.99. The van der Waals surface area contributed by atoms with Gasteiger partial charge in [-0.15, -0.1) is 0 Å². The minimum absolute atomic E-state index is 0.692. The van der Waals surface area contributed by atoms with Crippen molar-refractivity contribution in [2.45, 2.75) is 32.9 Å². The van der Waals surface area contributed by atoms with Crippen LogP contribution in [0, 0.1) is 5.92 Å². The van der Waals surface area contributed by atoms with Crippen molar-refractivity contribution in [3.63, 3.8) is 0 Å². The average molecular weight is 236 g/mol. The minimum atomic E-state index is 0.692. The van der Waals surface area contributed by atoms with Crippen molar-refractivity contribution in [1.29, 1.82) is 0 Å². The van der Waals surface area contributed by atoms with Crippen molar-refractivity contribution in [3.05, 3.63) is 18.0 Å². The second-order valence-corrected chi connectivity index (χ2v) is 5.32. The predicted octanol–water partition coefficient (Wildman–Crippen LogP) is 1.24. The van der Waals surface area contributed by atoms with Crippen LogP contribution < -0.4 is 5.32 Å². The van der Waals surface area contributed by atoms with E-state index in [2.05, 4.69) is 35.2 Å². The summed E-state index contributed by atoms with van der Waals surface area (Å²) < 4.78 is 1.93. The van der Waals surface area contributed by atoms with Gasteiger partial charge in [-0.1, -0.05) is 0 Å². The molecular formula is C13H24N4. The fourth-order valence-corrected chi connectivity index (χ4v) is 2.48. The molecule has 1 aromatic rings. The second-order valence-electron chi connectivity index (χ2n) is 5.32. The van der Waals surface area contributed by atoms with Crippen molar-refractivity contribution < 1.29 is 0 Å². The van der Waals surface area contributed by atoms with Gasteiger partial charge in [0, 0.05) is 32.4 Å². The molecule has 1 fully saturated rings. The topological polar surface area (TPSA) is 33.1 Å². The molecule has 4 nitrogen and oxygen atoms in total. The van der Waals surface area contributed by atoms with E-state index in [9.17, 15) is 0 Å². The van der Waals surface area contributed by atoms with Crippen LogP contribution in [0.5, 0.6) is 0 Å². The van der Waals surface area contributed by atoms with E-state index in [1.54, 1.807) is 0 Å². The van der Waals surface area contributed by atoms with Gasteiger partial charge in [-0.2, -0.15) is 5.10 Å². The Morgan fingerprint density at radius 2 is 2.35 bits per heavy atom. The predicted molar refractivity (Wildman–Crippen MR) is 69.7 cm³/mol. The summed E-state index contributed by atoms with van der Waals surface area (Å²) in [5, 5.41) is 7.71. The van der Waals surface area contributed by atoms with Crippen LogP contribution in [0.4, 0.5) is 0 Å². The normalized spacial score (nSPS) is 21.5. The van der Waals surface area contributed by atoms with Gasteiger partial charge in [-0.3, -0.25) is 4.68 Å². The van der Waals surface area contributed by atoms with E-state index >= 15 is 0 Å². The summed E-state index contributed by atoms with van der Waals surface area (Å²) in [6.45, 7) is 9.12. The highest BCUT2D eigenvalue weighted by molar-refractivity contribution is 4.99. The van der Waals surface area contributed by atoms with Crippen LogP contribution in [-0.4, -0.2) is 40.4 Å². The molecule has 0 aromatic carbocycles. The van der Waals surface area contributed by atoms with Crippen molar-refractivity contribution in [3.8, 4) is 0 Å². The maximum atomic E-state index is 4.17. The summed E-state index contributed by atoms with van der Waals surface area (Å²) in [4.78, 5) is 2.57. The van der Waals surface area contributed by atoms with E-state index in [0.717, 1.165) is 19.0 Å². The number of hydrogen-bond donors (Lipinski definition) is 1. The van der Waals surface area contributed by atoms with Crippen LogP contribution in [0.25, 0.3) is 0 Å². The van der Waals surface area contributed by atoms with E-state index < -0.39 is 0 Å². The summed E-state index contributed by atoms with van der Waals surface area (Å²) >= 11 is 0. The molecule has 17 heavy (non-hydrogen) atoms. The van der Waals surface area contributed by atoms with E-state index in [4.69, 9.17) is 0 Å². The third-order valence-corrected chi connectivity index (χ3v) is 3.71. The lowest BCUT2D eigenvalue weighted by molar-refractivity contribution is 0.264. The number of aromatic nitrogens is 2. The molecule has 1 aliphatic rings. The summed E-state index contributed by atoms with van der Waals surface area (Å²) in [5.74, 6) is 0.811. The Hall–Kier alpha value is -0.870. The second kappa shape index (κ2) is 5.65. The third kappa shape index (κ3) is 3.30. The molecule has 2 rings (SSSR count). The van der Waals surface area contributed by atoms with Crippen LogP contribution in [0.15, 0.2) is 12.3 Å². The van der Waals surface area contributed by atoms with Crippen molar-refractivity contribution in [2.24, 2.45) is 13.0 Å². The minimum Gasteiger partial charge on any atom is -0.311 e. The first-order chi connectivity index (χ1) is 8.16. The molecule has 0 aliphatic carbocycles. The van der Waals surface area contributed by atoms with Gasteiger partial charge in [0.1, 0.15) is 0 Å². The molecule has 0 saturated carbocycles. The monoisotopic (exact) mass is 236 g/mol. The Labute approximate surface area is 104 Å². The first-order valence-corrected chi connectivity index (χ1v) is 6.58. The van der Waals surface area contributed by atoms with Gasteiger partial charge in [0.2, 0.25) is 0 Å². The largest absolute Gasteiger partial charge is 0.311 e. The highest BCUT2D eigenvalue weighted by Gasteiger charge is 2.23. The zero-order valence-electron chi connectivity index (χ0n) is 11.2.